The van der Waals surface area contributed by atoms with Crippen molar-refractivity contribution in [2.45, 2.75) is 11.6 Å². The van der Waals surface area contributed by atoms with E-state index in [1.165, 1.54) is 16.4 Å². The SMILES string of the molecule is Nn1c(SCCC(=O)Nc2ccc3c(c2)OCO3)nnc1-c1cccnc1. The summed E-state index contributed by atoms with van der Waals surface area (Å²) in [7, 11) is 0. The molecule has 27 heavy (non-hydrogen) atoms. The molecule has 3 N–H and O–H groups in total. The third kappa shape index (κ3) is 3.80. The summed E-state index contributed by atoms with van der Waals surface area (Å²) in [4.78, 5) is 16.2. The van der Waals surface area contributed by atoms with Gasteiger partial charge in [-0.1, -0.05) is 11.8 Å². The number of benzene rings is 1. The lowest BCUT2D eigenvalue weighted by atomic mass is 10.2. The van der Waals surface area contributed by atoms with Crippen molar-refractivity contribution < 1.29 is 14.3 Å². The summed E-state index contributed by atoms with van der Waals surface area (Å²) < 4.78 is 11.9. The highest BCUT2D eigenvalue weighted by molar-refractivity contribution is 7.99. The van der Waals surface area contributed by atoms with Gasteiger partial charge in [-0.05, 0) is 24.3 Å². The molecule has 1 aromatic carbocycles. The van der Waals surface area contributed by atoms with E-state index in [0.29, 0.717) is 40.3 Å². The highest BCUT2D eigenvalue weighted by Gasteiger charge is 2.15. The largest absolute Gasteiger partial charge is 0.454 e. The molecule has 9 nitrogen and oxygen atoms in total. The molecule has 0 atom stereocenters. The summed E-state index contributed by atoms with van der Waals surface area (Å²) in [5.41, 5.74) is 1.44. The Kier molecular flexibility index (Phi) is 4.79. The molecule has 2 aromatic heterocycles. The molecule has 1 aliphatic rings. The molecule has 3 heterocycles. The van der Waals surface area contributed by atoms with Gasteiger partial charge >= 0.3 is 0 Å². The second kappa shape index (κ2) is 7.54. The Balaban J connectivity index is 1.31. The minimum Gasteiger partial charge on any atom is -0.454 e. The van der Waals surface area contributed by atoms with Crippen LogP contribution in [0.4, 0.5) is 5.69 Å². The quantitative estimate of drug-likeness (QED) is 0.489. The van der Waals surface area contributed by atoms with Crippen molar-refractivity contribution in [1.82, 2.24) is 19.9 Å². The lowest BCUT2D eigenvalue weighted by molar-refractivity contribution is -0.115. The van der Waals surface area contributed by atoms with E-state index < -0.39 is 0 Å². The Bertz CT molecular complexity index is 963. The maximum atomic E-state index is 12.1. The van der Waals surface area contributed by atoms with Crippen molar-refractivity contribution in [3.05, 3.63) is 42.7 Å². The number of ether oxygens (including phenoxy) is 2. The molecule has 0 fully saturated rings. The minimum absolute atomic E-state index is 0.114. The van der Waals surface area contributed by atoms with E-state index in [9.17, 15) is 4.79 Å². The van der Waals surface area contributed by atoms with Crippen LogP contribution in [-0.2, 0) is 4.79 Å². The molecular weight excluding hydrogens is 368 g/mol. The number of anilines is 1. The molecule has 0 saturated carbocycles. The lowest BCUT2D eigenvalue weighted by Gasteiger charge is -2.06. The van der Waals surface area contributed by atoms with Crippen molar-refractivity contribution in [3.63, 3.8) is 0 Å². The number of nitrogens with one attached hydrogen (secondary N) is 1. The van der Waals surface area contributed by atoms with Gasteiger partial charge in [-0.15, -0.1) is 10.2 Å². The molecule has 0 aliphatic carbocycles. The summed E-state index contributed by atoms with van der Waals surface area (Å²) in [6, 6.07) is 8.94. The number of aromatic nitrogens is 4. The fourth-order valence-corrected chi connectivity index (χ4v) is 3.29. The number of amides is 1. The number of fused-ring (bicyclic) bond motifs is 1. The third-order valence-electron chi connectivity index (χ3n) is 3.80. The van der Waals surface area contributed by atoms with Gasteiger partial charge in [0.05, 0.1) is 0 Å². The van der Waals surface area contributed by atoms with Crippen molar-refractivity contribution in [2.75, 3.05) is 23.7 Å². The molecule has 1 aliphatic heterocycles. The molecule has 0 radical (unpaired) electrons. The molecule has 0 unspecified atom stereocenters. The molecule has 138 valence electrons. The molecule has 10 heteroatoms. The maximum Gasteiger partial charge on any atom is 0.231 e. The van der Waals surface area contributed by atoms with Crippen LogP contribution in [0, 0.1) is 0 Å². The van der Waals surface area contributed by atoms with Gasteiger partial charge in [0, 0.05) is 41.9 Å². The fourth-order valence-electron chi connectivity index (χ4n) is 2.50. The Hall–Kier alpha value is -3.27. The zero-order chi connectivity index (χ0) is 18.6. The first-order valence-electron chi connectivity index (χ1n) is 8.14. The molecule has 1 amide bonds. The van der Waals surface area contributed by atoms with Crippen molar-refractivity contribution in [1.29, 1.82) is 0 Å². The van der Waals surface area contributed by atoms with Crippen molar-refractivity contribution in [3.8, 4) is 22.9 Å². The van der Waals surface area contributed by atoms with Gasteiger partial charge in [0.2, 0.25) is 17.9 Å². The van der Waals surface area contributed by atoms with E-state index in [0.717, 1.165) is 5.56 Å². The van der Waals surface area contributed by atoms with Crippen LogP contribution in [0.5, 0.6) is 11.5 Å². The summed E-state index contributed by atoms with van der Waals surface area (Å²) in [5.74, 6) is 8.27. The first-order chi connectivity index (χ1) is 13.2. The Labute approximate surface area is 158 Å². The van der Waals surface area contributed by atoms with Crippen LogP contribution in [0.2, 0.25) is 0 Å². The van der Waals surface area contributed by atoms with Crippen LogP contribution in [0.25, 0.3) is 11.4 Å². The number of nitrogens with zero attached hydrogens (tertiary/aromatic N) is 4. The van der Waals surface area contributed by atoms with Crippen LogP contribution in [-0.4, -0.2) is 38.3 Å². The Morgan fingerprint density at radius 2 is 2.15 bits per heavy atom. The van der Waals surface area contributed by atoms with Crippen LogP contribution in [0.3, 0.4) is 0 Å². The molecule has 3 aromatic rings. The van der Waals surface area contributed by atoms with E-state index in [2.05, 4.69) is 20.5 Å². The van der Waals surface area contributed by atoms with E-state index in [1.54, 1.807) is 36.7 Å². The van der Waals surface area contributed by atoms with Crippen LogP contribution in [0.1, 0.15) is 6.42 Å². The number of carbonyl (C=O) groups is 1. The standard InChI is InChI=1S/C17H16N6O3S/c18-23-16(11-2-1-6-19-9-11)21-22-17(23)27-7-5-15(24)20-12-3-4-13-14(8-12)26-10-25-13/h1-4,6,8-9H,5,7,10,18H2,(H,20,24). The topological polar surface area (TPSA) is 117 Å². The zero-order valence-corrected chi connectivity index (χ0v) is 15.0. The second-order valence-corrected chi connectivity index (χ2v) is 6.69. The summed E-state index contributed by atoms with van der Waals surface area (Å²) in [5, 5.41) is 11.5. The van der Waals surface area contributed by atoms with Gasteiger partial charge in [0.1, 0.15) is 0 Å². The second-order valence-electron chi connectivity index (χ2n) is 5.63. The number of nitrogens with two attached hydrogens (primary N) is 1. The number of pyridine rings is 1. The number of hydrogen-bond acceptors (Lipinski definition) is 8. The molecular formula is C17H16N6O3S. The normalized spacial score (nSPS) is 12.1. The smallest absolute Gasteiger partial charge is 0.231 e. The van der Waals surface area contributed by atoms with E-state index in [-0.39, 0.29) is 12.7 Å². The van der Waals surface area contributed by atoms with Gasteiger partial charge in [-0.3, -0.25) is 9.78 Å². The molecule has 0 spiro atoms. The van der Waals surface area contributed by atoms with Crippen molar-refractivity contribution in [2.24, 2.45) is 0 Å². The van der Waals surface area contributed by atoms with Crippen LogP contribution in [0.15, 0.2) is 47.9 Å². The van der Waals surface area contributed by atoms with Crippen molar-refractivity contribution >= 4 is 23.4 Å². The number of thioether (sulfide) groups is 1. The fraction of sp³-hybridized carbons (Fsp3) is 0.176. The van der Waals surface area contributed by atoms with Gasteiger partial charge in [-0.2, -0.15) is 0 Å². The van der Waals surface area contributed by atoms with Gasteiger partial charge in [0.15, 0.2) is 17.3 Å². The van der Waals surface area contributed by atoms with Crippen LogP contribution >= 0.6 is 11.8 Å². The Morgan fingerprint density at radius 3 is 3.00 bits per heavy atom. The average Bonchev–Trinajstić information content (AvgIpc) is 3.29. The number of nitrogen functional groups attached to an aromatic ring is 1. The van der Waals surface area contributed by atoms with Gasteiger partial charge < -0.3 is 20.6 Å². The third-order valence-corrected chi connectivity index (χ3v) is 4.75. The van der Waals surface area contributed by atoms with Crippen LogP contribution < -0.4 is 20.6 Å². The number of carbonyl (C=O) groups excluding carboxylic acids is 1. The molecule has 0 bridgehead atoms. The predicted molar refractivity (Wildman–Crippen MR) is 99.9 cm³/mol. The summed E-state index contributed by atoms with van der Waals surface area (Å²) in [6.45, 7) is 0.199. The summed E-state index contributed by atoms with van der Waals surface area (Å²) >= 11 is 1.36. The number of hydrogen-bond donors (Lipinski definition) is 2. The summed E-state index contributed by atoms with van der Waals surface area (Å²) in [6.07, 6.45) is 3.64. The number of rotatable bonds is 6. The zero-order valence-electron chi connectivity index (χ0n) is 14.2. The average molecular weight is 384 g/mol. The first-order valence-corrected chi connectivity index (χ1v) is 9.12. The van der Waals surface area contributed by atoms with E-state index >= 15 is 0 Å². The van der Waals surface area contributed by atoms with E-state index in [4.69, 9.17) is 15.3 Å². The molecule has 4 rings (SSSR count). The highest BCUT2D eigenvalue weighted by atomic mass is 32.2. The predicted octanol–water partition coefficient (Wildman–Crippen LogP) is 1.90. The van der Waals surface area contributed by atoms with E-state index in [1.807, 2.05) is 6.07 Å². The molecule has 0 saturated heterocycles. The monoisotopic (exact) mass is 384 g/mol. The highest BCUT2D eigenvalue weighted by Crippen LogP contribution is 2.34. The lowest BCUT2D eigenvalue weighted by Crippen LogP contribution is -2.14. The maximum absolute atomic E-state index is 12.1. The Morgan fingerprint density at radius 1 is 1.26 bits per heavy atom. The first kappa shape index (κ1) is 17.2. The minimum atomic E-state index is -0.114. The van der Waals surface area contributed by atoms with Gasteiger partial charge in [0.25, 0.3) is 0 Å². The van der Waals surface area contributed by atoms with Gasteiger partial charge in [-0.25, -0.2) is 4.68 Å².